The van der Waals surface area contributed by atoms with Crippen molar-refractivity contribution in [3.63, 3.8) is 0 Å². The highest BCUT2D eigenvalue weighted by Crippen LogP contribution is 2.33. The largest absolute Gasteiger partial charge is 0.467 e. The molecule has 1 saturated carbocycles. The maximum Gasteiger partial charge on any atom is 0.411 e. The van der Waals surface area contributed by atoms with E-state index in [0.717, 1.165) is 25.7 Å². The number of amides is 2. The molecule has 1 aliphatic heterocycles. The van der Waals surface area contributed by atoms with E-state index < -0.39 is 23.7 Å². The monoisotopic (exact) mass is 410 g/mol. The first kappa shape index (κ1) is 23.5. The van der Waals surface area contributed by atoms with Crippen LogP contribution in [0, 0.1) is 11.8 Å². The Morgan fingerprint density at radius 1 is 1.03 bits per heavy atom. The minimum atomic E-state index is -0.732. The Balaban J connectivity index is 2.27. The first-order valence-corrected chi connectivity index (χ1v) is 10.8. The molecule has 0 spiro atoms. The summed E-state index contributed by atoms with van der Waals surface area (Å²) in [4.78, 5) is 41.7. The molecule has 0 N–H and O–H groups in total. The lowest BCUT2D eigenvalue weighted by Crippen LogP contribution is -2.51. The van der Waals surface area contributed by atoms with Gasteiger partial charge in [0.15, 0.2) is 0 Å². The number of ether oxygens (including phenoxy) is 2. The molecule has 2 aliphatic rings. The van der Waals surface area contributed by atoms with Gasteiger partial charge in [0.2, 0.25) is 5.91 Å². The summed E-state index contributed by atoms with van der Waals surface area (Å²) in [5, 5.41) is 0. The van der Waals surface area contributed by atoms with E-state index in [0.29, 0.717) is 18.9 Å². The second-order valence-electron chi connectivity index (χ2n) is 9.88. The number of hydrogen-bond acceptors (Lipinski definition) is 5. The summed E-state index contributed by atoms with van der Waals surface area (Å²) in [6.45, 7) is 11.7. The molecule has 7 nitrogen and oxygen atoms in total. The fourth-order valence-electron chi connectivity index (χ4n) is 4.37. The Labute approximate surface area is 175 Å². The highest BCUT2D eigenvalue weighted by molar-refractivity contribution is 5.83. The molecule has 1 saturated heterocycles. The van der Waals surface area contributed by atoms with Crippen molar-refractivity contribution in [2.75, 3.05) is 13.7 Å². The third kappa shape index (κ3) is 5.86. The fourth-order valence-corrected chi connectivity index (χ4v) is 4.37. The Bertz CT molecular complexity index is 605. The van der Waals surface area contributed by atoms with E-state index in [1.54, 1.807) is 20.8 Å². The van der Waals surface area contributed by atoms with Crippen molar-refractivity contribution >= 4 is 18.0 Å². The predicted octanol–water partition coefficient (Wildman–Crippen LogP) is 3.60. The van der Waals surface area contributed by atoms with Crippen molar-refractivity contribution in [1.82, 2.24) is 9.80 Å². The van der Waals surface area contributed by atoms with Crippen LogP contribution < -0.4 is 0 Å². The molecule has 166 valence electrons. The molecule has 2 fully saturated rings. The molecule has 0 aromatic rings. The zero-order valence-corrected chi connectivity index (χ0v) is 19.1. The maximum atomic E-state index is 13.1. The van der Waals surface area contributed by atoms with Crippen LogP contribution in [0.3, 0.4) is 0 Å². The third-order valence-corrected chi connectivity index (χ3v) is 5.90. The van der Waals surface area contributed by atoms with Crippen LogP contribution in [0.5, 0.6) is 0 Å². The van der Waals surface area contributed by atoms with E-state index >= 15 is 0 Å². The lowest BCUT2D eigenvalue weighted by atomic mass is 9.85. The Hall–Kier alpha value is -1.79. The Morgan fingerprint density at radius 3 is 2.10 bits per heavy atom. The lowest BCUT2D eigenvalue weighted by molar-refractivity contribution is -0.146. The van der Waals surface area contributed by atoms with Gasteiger partial charge >= 0.3 is 12.1 Å². The Morgan fingerprint density at radius 2 is 1.62 bits per heavy atom. The van der Waals surface area contributed by atoms with Gasteiger partial charge in [-0.3, -0.25) is 9.69 Å². The quantitative estimate of drug-likeness (QED) is 0.662. The lowest BCUT2D eigenvalue weighted by Gasteiger charge is -2.40. The van der Waals surface area contributed by atoms with Gasteiger partial charge in [-0.15, -0.1) is 0 Å². The van der Waals surface area contributed by atoms with Crippen LogP contribution in [0.4, 0.5) is 4.79 Å². The number of hydrogen-bond donors (Lipinski definition) is 0. The number of rotatable bonds is 4. The average Bonchev–Trinajstić information content (AvgIpc) is 3.06. The number of nitrogens with zero attached hydrogens (tertiary/aromatic N) is 2. The van der Waals surface area contributed by atoms with Gasteiger partial charge in [-0.1, -0.05) is 20.8 Å². The standard InChI is InChI=1S/C22H38N2O5/c1-14(2)19(25)24(16-10-8-15(3)9-11-16)17-12-18(20(26)28-7)23(13-17)21(27)29-22(4,5)6/h14-18H,8-13H2,1-7H3/t15?,16?,17-,18-/m0/s1. The minimum absolute atomic E-state index is 0.0872. The van der Waals surface area contributed by atoms with Gasteiger partial charge < -0.3 is 14.4 Å². The molecule has 0 aromatic carbocycles. The molecule has 29 heavy (non-hydrogen) atoms. The van der Waals surface area contributed by atoms with Crippen LogP contribution in [0.15, 0.2) is 0 Å². The number of methoxy groups -OCH3 is 1. The van der Waals surface area contributed by atoms with Crippen molar-refractivity contribution in [1.29, 1.82) is 0 Å². The third-order valence-electron chi connectivity index (χ3n) is 5.90. The summed E-state index contributed by atoms with van der Waals surface area (Å²) in [5.41, 5.74) is -0.664. The number of esters is 1. The molecule has 1 heterocycles. The fraction of sp³-hybridized carbons (Fsp3) is 0.864. The summed E-state index contributed by atoms with van der Waals surface area (Å²) >= 11 is 0. The van der Waals surface area contributed by atoms with Gasteiger partial charge in [0.25, 0.3) is 0 Å². The highest BCUT2D eigenvalue weighted by atomic mass is 16.6. The van der Waals surface area contributed by atoms with Gasteiger partial charge in [0.1, 0.15) is 11.6 Å². The van der Waals surface area contributed by atoms with E-state index in [-0.39, 0.29) is 23.9 Å². The maximum absolute atomic E-state index is 13.1. The van der Waals surface area contributed by atoms with Gasteiger partial charge in [0.05, 0.1) is 13.2 Å². The molecule has 7 heteroatoms. The van der Waals surface area contributed by atoms with E-state index in [1.807, 2.05) is 18.7 Å². The molecule has 2 atom stereocenters. The molecule has 0 bridgehead atoms. The zero-order chi connectivity index (χ0) is 21.9. The first-order chi connectivity index (χ1) is 13.4. The number of likely N-dealkylation sites (tertiary alicyclic amines) is 1. The van der Waals surface area contributed by atoms with Crippen LogP contribution in [0.25, 0.3) is 0 Å². The number of carbonyl (C=O) groups is 3. The van der Waals surface area contributed by atoms with Crippen LogP contribution in [-0.2, 0) is 19.1 Å². The average molecular weight is 411 g/mol. The van der Waals surface area contributed by atoms with Crippen molar-refractivity contribution < 1.29 is 23.9 Å². The van der Waals surface area contributed by atoms with E-state index in [9.17, 15) is 14.4 Å². The second kappa shape index (κ2) is 9.35. The Kier molecular flexibility index (Phi) is 7.57. The van der Waals surface area contributed by atoms with Crippen LogP contribution in [0.1, 0.15) is 73.6 Å². The van der Waals surface area contributed by atoms with Gasteiger partial charge in [0, 0.05) is 24.9 Å². The first-order valence-electron chi connectivity index (χ1n) is 10.8. The molecule has 1 aliphatic carbocycles. The summed E-state index contributed by atoms with van der Waals surface area (Å²) in [6, 6.07) is -0.785. The topological polar surface area (TPSA) is 76.2 Å². The number of carbonyl (C=O) groups excluding carboxylic acids is 3. The summed E-state index contributed by atoms with van der Waals surface area (Å²) in [7, 11) is 1.32. The second-order valence-corrected chi connectivity index (χ2v) is 9.88. The van der Waals surface area contributed by atoms with Gasteiger partial charge in [-0.05, 0) is 52.4 Å². The molecule has 0 aromatic heterocycles. The van der Waals surface area contributed by atoms with Crippen molar-refractivity contribution in [2.45, 2.75) is 97.4 Å². The van der Waals surface area contributed by atoms with Crippen LogP contribution in [-0.4, -0.2) is 65.2 Å². The van der Waals surface area contributed by atoms with Gasteiger partial charge in [-0.25, -0.2) is 9.59 Å². The van der Waals surface area contributed by atoms with Crippen molar-refractivity contribution in [2.24, 2.45) is 11.8 Å². The van der Waals surface area contributed by atoms with E-state index in [2.05, 4.69) is 6.92 Å². The van der Waals surface area contributed by atoms with Crippen molar-refractivity contribution in [3.8, 4) is 0 Å². The summed E-state index contributed by atoms with van der Waals surface area (Å²) < 4.78 is 10.5. The van der Waals surface area contributed by atoms with Crippen LogP contribution in [0.2, 0.25) is 0 Å². The summed E-state index contributed by atoms with van der Waals surface area (Å²) in [5.74, 6) is 0.158. The van der Waals surface area contributed by atoms with Crippen LogP contribution >= 0.6 is 0 Å². The zero-order valence-electron chi connectivity index (χ0n) is 19.1. The highest BCUT2D eigenvalue weighted by Gasteiger charge is 2.47. The summed E-state index contributed by atoms with van der Waals surface area (Å²) in [6.07, 6.45) is 3.96. The molecule has 0 unspecified atom stereocenters. The molecular weight excluding hydrogens is 372 g/mol. The smallest absolute Gasteiger partial charge is 0.411 e. The van der Waals surface area contributed by atoms with E-state index in [1.165, 1.54) is 12.0 Å². The van der Waals surface area contributed by atoms with Gasteiger partial charge in [-0.2, -0.15) is 0 Å². The molecule has 0 radical (unpaired) electrons. The molecular formula is C22H38N2O5. The molecule has 2 amide bonds. The predicted molar refractivity (Wildman–Crippen MR) is 110 cm³/mol. The van der Waals surface area contributed by atoms with Crippen molar-refractivity contribution in [3.05, 3.63) is 0 Å². The normalized spacial score (nSPS) is 27.7. The molecule has 2 rings (SSSR count). The minimum Gasteiger partial charge on any atom is -0.467 e. The SMILES string of the molecule is COC(=O)[C@@H]1C[C@H](N(C(=O)C(C)C)C2CCC(C)CC2)CN1C(=O)OC(C)(C)C. The van der Waals surface area contributed by atoms with E-state index in [4.69, 9.17) is 9.47 Å².